The highest BCUT2D eigenvalue weighted by Crippen LogP contribution is 2.49. The molecule has 0 aliphatic carbocycles. The van der Waals surface area contributed by atoms with Crippen molar-refractivity contribution in [2.45, 2.75) is 39.8 Å². The van der Waals surface area contributed by atoms with Gasteiger partial charge in [0.2, 0.25) is 11.8 Å². The van der Waals surface area contributed by atoms with Gasteiger partial charge in [-0.2, -0.15) is 0 Å². The number of aryl methyl sites for hydroxylation is 1. The summed E-state index contributed by atoms with van der Waals surface area (Å²) < 4.78 is 5.08. The van der Waals surface area contributed by atoms with E-state index in [1.165, 1.54) is 4.90 Å². The van der Waals surface area contributed by atoms with Gasteiger partial charge in [-0.1, -0.05) is 44.6 Å². The molecule has 29 heavy (non-hydrogen) atoms. The number of hydrogen-bond acceptors (Lipinski definition) is 5. The molecule has 0 spiro atoms. The zero-order valence-corrected chi connectivity index (χ0v) is 17.6. The highest BCUT2D eigenvalue weighted by molar-refractivity contribution is 6.11. The fourth-order valence-electron chi connectivity index (χ4n) is 4.90. The maximum Gasteiger partial charge on any atom is 0.235 e. The second kappa shape index (κ2) is 6.80. The summed E-state index contributed by atoms with van der Waals surface area (Å²) in [5.74, 6) is -1.66. The first-order chi connectivity index (χ1) is 13.7. The molecule has 2 saturated heterocycles. The van der Waals surface area contributed by atoms with Gasteiger partial charge in [-0.15, -0.1) is 0 Å². The van der Waals surface area contributed by atoms with Crippen molar-refractivity contribution >= 4 is 29.4 Å². The van der Waals surface area contributed by atoms with E-state index in [0.717, 1.165) is 16.8 Å². The molecule has 3 aliphatic heterocycles. The highest BCUT2D eigenvalue weighted by Gasteiger charge is 2.64. The Balaban J connectivity index is 1.83. The number of anilines is 1. The van der Waals surface area contributed by atoms with Crippen LogP contribution in [0.5, 0.6) is 0 Å². The number of benzene rings is 1. The number of fused-ring (bicyclic) bond motifs is 5. The molecule has 0 radical (unpaired) electrons. The minimum atomic E-state index is -0.659. The van der Waals surface area contributed by atoms with E-state index in [2.05, 4.69) is 6.07 Å². The molecule has 1 aromatic carbocycles. The Labute approximate surface area is 171 Å². The average Bonchev–Trinajstić information content (AvgIpc) is 3.12. The second-order valence-electron chi connectivity index (χ2n) is 9.25. The molecule has 154 valence electrons. The molecule has 0 aromatic heterocycles. The third-order valence-corrected chi connectivity index (χ3v) is 6.28. The summed E-state index contributed by atoms with van der Waals surface area (Å²) in [5.41, 5.74) is 2.44. The van der Waals surface area contributed by atoms with Gasteiger partial charge in [-0.3, -0.25) is 19.3 Å². The molecule has 4 atom stereocenters. The van der Waals surface area contributed by atoms with Crippen molar-refractivity contribution in [1.29, 1.82) is 0 Å². The molecule has 2 amide bonds. The van der Waals surface area contributed by atoms with Crippen LogP contribution in [0.25, 0.3) is 6.08 Å². The van der Waals surface area contributed by atoms with Gasteiger partial charge in [0.25, 0.3) is 0 Å². The predicted octanol–water partition coefficient (Wildman–Crippen LogP) is 2.44. The van der Waals surface area contributed by atoms with E-state index in [1.807, 2.05) is 56.9 Å². The van der Waals surface area contributed by atoms with E-state index >= 15 is 0 Å². The third kappa shape index (κ3) is 2.92. The summed E-state index contributed by atoms with van der Waals surface area (Å²) >= 11 is 0. The number of rotatable bonds is 4. The molecule has 3 aliphatic rings. The van der Waals surface area contributed by atoms with Crippen LogP contribution in [-0.4, -0.2) is 54.8 Å². The van der Waals surface area contributed by atoms with Gasteiger partial charge in [0.1, 0.15) is 6.04 Å². The molecule has 0 saturated carbocycles. The fourth-order valence-corrected chi connectivity index (χ4v) is 4.90. The summed E-state index contributed by atoms with van der Waals surface area (Å²) in [7, 11) is 1.54. The smallest absolute Gasteiger partial charge is 0.235 e. The van der Waals surface area contributed by atoms with Crippen molar-refractivity contribution in [3.63, 3.8) is 0 Å². The second-order valence-corrected chi connectivity index (χ2v) is 9.25. The largest absolute Gasteiger partial charge is 0.383 e. The summed E-state index contributed by atoms with van der Waals surface area (Å²) in [6, 6.07) is 5.14. The van der Waals surface area contributed by atoms with Gasteiger partial charge in [0, 0.05) is 18.2 Å². The first-order valence-corrected chi connectivity index (χ1v) is 10.1. The van der Waals surface area contributed by atoms with Crippen molar-refractivity contribution in [2.24, 2.45) is 17.3 Å². The lowest BCUT2D eigenvalue weighted by Gasteiger charge is -2.38. The van der Waals surface area contributed by atoms with Gasteiger partial charge in [0.05, 0.1) is 31.0 Å². The number of likely N-dealkylation sites (tertiary alicyclic amines) is 1. The number of carbonyl (C=O) groups excluding carboxylic acids is 3. The van der Waals surface area contributed by atoms with Crippen molar-refractivity contribution in [2.75, 3.05) is 25.2 Å². The number of nitrogens with zero attached hydrogens (tertiary/aromatic N) is 2. The lowest BCUT2D eigenvalue weighted by Crippen LogP contribution is -2.51. The van der Waals surface area contributed by atoms with E-state index in [1.54, 1.807) is 7.11 Å². The van der Waals surface area contributed by atoms with Crippen LogP contribution in [0.3, 0.4) is 0 Å². The van der Waals surface area contributed by atoms with Crippen LogP contribution in [0.1, 0.15) is 31.9 Å². The number of hydrogen-bond donors (Lipinski definition) is 0. The molecular formula is C23H28N2O4. The number of amides is 2. The molecule has 2 fully saturated rings. The normalized spacial score (nSPS) is 27.9. The average molecular weight is 396 g/mol. The summed E-state index contributed by atoms with van der Waals surface area (Å²) in [4.78, 5) is 43.4. The Bertz CT molecular complexity index is 914. The van der Waals surface area contributed by atoms with Gasteiger partial charge < -0.3 is 9.64 Å². The standard InChI is InChI=1S/C23H28N2O4/c1-13-6-8-15-14(12-13)7-9-16-17-18(19(25(15)16)20(26)23(2,3)4)22(28)24(21(17)27)10-11-29-5/h6-9,12,16-19H,10-11H2,1-5H3/t16-,17-,18-,19+/m0/s1. The van der Waals surface area contributed by atoms with E-state index in [-0.39, 0.29) is 30.2 Å². The molecule has 1 aromatic rings. The summed E-state index contributed by atoms with van der Waals surface area (Å²) in [5, 5.41) is 0. The zero-order valence-electron chi connectivity index (χ0n) is 17.6. The lowest BCUT2D eigenvalue weighted by molar-refractivity contribution is -0.142. The van der Waals surface area contributed by atoms with E-state index in [4.69, 9.17) is 4.74 Å². The topological polar surface area (TPSA) is 66.9 Å². The Kier molecular flexibility index (Phi) is 4.65. The van der Waals surface area contributed by atoms with Crippen molar-refractivity contribution in [3.05, 3.63) is 35.4 Å². The first kappa shape index (κ1) is 19.8. The zero-order chi connectivity index (χ0) is 21.1. The predicted molar refractivity (Wildman–Crippen MR) is 110 cm³/mol. The highest BCUT2D eigenvalue weighted by atomic mass is 16.5. The van der Waals surface area contributed by atoms with Crippen LogP contribution < -0.4 is 4.90 Å². The first-order valence-electron chi connectivity index (χ1n) is 10.1. The quantitative estimate of drug-likeness (QED) is 0.732. The number of Topliss-reactive ketones (excluding diaryl/α,β-unsaturated/α-hetero) is 1. The molecular weight excluding hydrogens is 368 g/mol. The van der Waals surface area contributed by atoms with Gasteiger partial charge in [0.15, 0.2) is 5.78 Å². The van der Waals surface area contributed by atoms with Crippen LogP contribution in [0.2, 0.25) is 0 Å². The monoisotopic (exact) mass is 396 g/mol. The lowest BCUT2D eigenvalue weighted by atomic mass is 9.79. The van der Waals surface area contributed by atoms with Gasteiger partial charge >= 0.3 is 0 Å². The van der Waals surface area contributed by atoms with E-state index in [0.29, 0.717) is 6.61 Å². The molecule has 6 nitrogen and oxygen atoms in total. The van der Waals surface area contributed by atoms with Crippen LogP contribution in [0.15, 0.2) is 24.3 Å². The number of imide groups is 1. The van der Waals surface area contributed by atoms with E-state index < -0.39 is 23.3 Å². The molecule has 6 heteroatoms. The molecule has 3 heterocycles. The maximum atomic E-state index is 13.5. The number of ketones is 1. The minimum Gasteiger partial charge on any atom is -0.383 e. The van der Waals surface area contributed by atoms with Gasteiger partial charge in [-0.25, -0.2) is 0 Å². The van der Waals surface area contributed by atoms with Crippen molar-refractivity contribution in [3.8, 4) is 0 Å². The Morgan fingerprint density at radius 3 is 2.48 bits per heavy atom. The summed E-state index contributed by atoms with van der Waals surface area (Å²) in [6.07, 6.45) is 4.00. The molecule has 0 N–H and O–H groups in total. The van der Waals surface area contributed by atoms with Crippen LogP contribution in [0.4, 0.5) is 5.69 Å². The third-order valence-electron chi connectivity index (χ3n) is 6.28. The SMILES string of the molecule is COCCN1C(=O)[C@@H]2[C@H](C1=O)[C@H](C(=O)C(C)(C)C)N1c3ccc(C)cc3C=C[C@@H]21. The Morgan fingerprint density at radius 1 is 1.14 bits per heavy atom. The Hall–Kier alpha value is -2.47. The number of methoxy groups -OCH3 is 1. The molecule has 4 rings (SSSR count). The van der Waals surface area contributed by atoms with E-state index in [9.17, 15) is 14.4 Å². The fraction of sp³-hybridized carbons (Fsp3) is 0.522. The molecule has 0 bridgehead atoms. The Morgan fingerprint density at radius 2 is 1.83 bits per heavy atom. The maximum absolute atomic E-state index is 13.5. The van der Waals surface area contributed by atoms with Crippen LogP contribution in [-0.2, 0) is 19.1 Å². The van der Waals surface area contributed by atoms with Crippen molar-refractivity contribution in [1.82, 2.24) is 4.90 Å². The van der Waals surface area contributed by atoms with Crippen LogP contribution in [0, 0.1) is 24.2 Å². The molecule has 0 unspecified atom stereocenters. The minimum absolute atomic E-state index is 0.00781. The number of carbonyl (C=O) groups is 3. The summed E-state index contributed by atoms with van der Waals surface area (Å²) in [6.45, 7) is 8.16. The van der Waals surface area contributed by atoms with Crippen LogP contribution >= 0.6 is 0 Å². The van der Waals surface area contributed by atoms with Gasteiger partial charge in [-0.05, 0) is 24.6 Å². The van der Waals surface area contributed by atoms with Crippen molar-refractivity contribution < 1.29 is 19.1 Å². The number of ether oxygens (including phenoxy) is 1.